The maximum absolute atomic E-state index is 13.6. The summed E-state index contributed by atoms with van der Waals surface area (Å²) in [4.78, 5) is 45.6. The van der Waals surface area contributed by atoms with Crippen molar-refractivity contribution in [3.8, 4) is 0 Å². The molecule has 2 aromatic heterocycles. The summed E-state index contributed by atoms with van der Waals surface area (Å²) >= 11 is 7.37. The van der Waals surface area contributed by atoms with E-state index >= 15 is 0 Å². The van der Waals surface area contributed by atoms with E-state index in [9.17, 15) is 14.4 Å². The molecular formula is C25H25ClN4O3S. The molecule has 1 fully saturated rings. The van der Waals surface area contributed by atoms with Gasteiger partial charge in [0.2, 0.25) is 11.8 Å². The molecule has 0 bridgehead atoms. The zero-order chi connectivity index (χ0) is 23.9. The van der Waals surface area contributed by atoms with Crippen LogP contribution >= 0.6 is 22.9 Å². The first-order valence-electron chi connectivity index (χ1n) is 11.1. The number of pyridine rings is 1. The molecule has 1 unspecified atom stereocenters. The lowest BCUT2D eigenvalue weighted by atomic mass is 10.0. The van der Waals surface area contributed by atoms with Crippen molar-refractivity contribution in [2.45, 2.75) is 37.8 Å². The third-order valence-corrected chi connectivity index (χ3v) is 6.85. The molecule has 1 saturated carbocycles. The van der Waals surface area contributed by atoms with E-state index < -0.39 is 11.9 Å². The molecule has 0 spiro atoms. The summed E-state index contributed by atoms with van der Waals surface area (Å²) in [6.07, 6.45) is 7.16. The number of nitrogens with one attached hydrogen (secondary N) is 2. The monoisotopic (exact) mass is 496 g/mol. The molecule has 1 aromatic carbocycles. The molecule has 0 radical (unpaired) electrons. The summed E-state index contributed by atoms with van der Waals surface area (Å²) in [5.41, 5.74) is 1.07. The van der Waals surface area contributed by atoms with E-state index in [0.717, 1.165) is 25.7 Å². The Balaban J connectivity index is 1.65. The number of hydrogen-bond donors (Lipinski definition) is 2. The summed E-state index contributed by atoms with van der Waals surface area (Å²) in [5, 5.41) is 8.08. The quantitative estimate of drug-likeness (QED) is 0.484. The highest BCUT2D eigenvalue weighted by Crippen LogP contribution is 2.30. The largest absolute Gasteiger partial charge is 0.351 e. The van der Waals surface area contributed by atoms with Gasteiger partial charge in [-0.1, -0.05) is 36.6 Å². The molecule has 2 heterocycles. The number of nitrogens with zero attached hydrogens (tertiary/aromatic N) is 2. The first kappa shape index (κ1) is 23.9. The number of halogens is 1. The van der Waals surface area contributed by atoms with Crippen LogP contribution in [0.25, 0.3) is 0 Å². The maximum atomic E-state index is 13.6. The SMILES string of the molecule is O=C(NCC(=O)N(c1ccc(Cl)cc1)C(C(=O)NC1CCCC1)c1cccnc1)c1cccs1. The smallest absolute Gasteiger partial charge is 0.261 e. The van der Waals surface area contributed by atoms with Crippen molar-refractivity contribution in [1.82, 2.24) is 15.6 Å². The Bertz CT molecular complexity index is 1120. The van der Waals surface area contributed by atoms with E-state index in [1.54, 1.807) is 66.3 Å². The van der Waals surface area contributed by atoms with Crippen molar-refractivity contribution < 1.29 is 14.4 Å². The molecule has 1 atom stereocenters. The highest BCUT2D eigenvalue weighted by molar-refractivity contribution is 7.12. The van der Waals surface area contributed by atoms with E-state index in [0.29, 0.717) is 21.2 Å². The molecule has 0 saturated heterocycles. The van der Waals surface area contributed by atoms with Crippen molar-refractivity contribution in [2.24, 2.45) is 0 Å². The van der Waals surface area contributed by atoms with Crippen LogP contribution in [0.4, 0.5) is 5.69 Å². The molecule has 9 heteroatoms. The van der Waals surface area contributed by atoms with E-state index in [1.807, 2.05) is 0 Å². The number of hydrogen-bond acceptors (Lipinski definition) is 5. The molecule has 34 heavy (non-hydrogen) atoms. The van der Waals surface area contributed by atoms with Crippen LogP contribution in [0.1, 0.15) is 47.0 Å². The number of carbonyl (C=O) groups is 3. The lowest BCUT2D eigenvalue weighted by Crippen LogP contribution is -2.49. The number of rotatable bonds is 8. The Kier molecular flexibility index (Phi) is 7.92. The highest BCUT2D eigenvalue weighted by atomic mass is 35.5. The fourth-order valence-corrected chi connectivity index (χ4v) is 4.85. The first-order valence-corrected chi connectivity index (χ1v) is 12.4. The fourth-order valence-electron chi connectivity index (χ4n) is 4.08. The molecule has 176 valence electrons. The zero-order valence-corrected chi connectivity index (χ0v) is 20.0. The second-order valence-corrected chi connectivity index (χ2v) is 9.46. The van der Waals surface area contributed by atoms with Gasteiger partial charge in [-0.05, 0) is 54.6 Å². The summed E-state index contributed by atoms with van der Waals surface area (Å²) in [7, 11) is 0. The van der Waals surface area contributed by atoms with Crippen LogP contribution in [-0.2, 0) is 9.59 Å². The number of anilines is 1. The summed E-state index contributed by atoms with van der Waals surface area (Å²) < 4.78 is 0. The Morgan fingerprint density at radius 1 is 1.09 bits per heavy atom. The van der Waals surface area contributed by atoms with Crippen LogP contribution in [-0.4, -0.2) is 35.3 Å². The third kappa shape index (κ3) is 5.81. The molecule has 7 nitrogen and oxygen atoms in total. The van der Waals surface area contributed by atoms with Gasteiger partial charge < -0.3 is 10.6 Å². The van der Waals surface area contributed by atoms with Gasteiger partial charge >= 0.3 is 0 Å². The highest BCUT2D eigenvalue weighted by Gasteiger charge is 2.34. The van der Waals surface area contributed by atoms with Gasteiger partial charge in [0.1, 0.15) is 6.04 Å². The predicted molar refractivity (Wildman–Crippen MR) is 133 cm³/mol. The number of carbonyl (C=O) groups excluding carboxylic acids is 3. The second-order valence-electron chi connectivity index (χ2n) is 8.08. The number of benzene rings is 1. The van der Waals surface area contributed by atoms with Crippen molar-refractivity contribution in [2.75, 3.05) is 11.4 Å². The molecule has 1 aliphatic rings. The topological polar surface area (TPSA) is 91.4 Å². The lowest BCUT2D eigenvalue weighted by molar-refractivity contribution is -0.126. The predicted octanol–water partition coefficient (Wildman–Crippen LogP) is 4.36. The molecule has 3 amide bonds. The van der Waals surface area contributed by atoms with Crippen LogP contribution in [0, 0.1) is 0 Å². The van der Waals surface area contributed by atoms with Gasteiger partial charge in [0.15, 0.2) is 0 Å². The summed E-state index contributed by atoms with van der Waals surface area (Å²) in [6.45, 7) is -0.271. The van der Waals surface area contributed by atoms with Gasteiger partial charge in [0, 0.05) is 34.7 Å². The number of thiophene rings is 1. The lowest BCUT2D eigenvalue weighted by Gasteiger charge is -2.32. The molecule has 4 rings (SSSR count). The molecular weight excluding hydrogens is 472 g/mol. The molecule has 1 aliphatic carbocycles. The average molecular weight is 497 g/mol. The van der Waals surface area contributed by atoms with Crippen molar-refractivity contribution in [3.05, 3.63) is 81.8 Å². The maximum Gasteiger partial charge on any atom is 0.261 e. The molecule has 0 aliphatic heterocycles. The summed E-state index contributed by atoms with van der Waals surface area (Å²) in [6, 6.07) is 12.8. The normalized spacial score (nSPS) is 14.4. The van der Waals surface area contributed by atoms with Crippen LogP contribution < -0.4 is 15.5 Å². The van der Waals surface area contributed by atoms with Crippen molar-refractivity contribution in [1.29, 1.82) is 0 Å². The van der Waals surface area contributed by atoms with Crippen molar-refractivity contribution >= 4 is 46.3 Å². The number of aromatic nitrogens is 1. The van der Waals surface area contributed by atoms with Crippen LogP contribution in [0.2, 0.25) is 5.02 Å². The minimum absolute atomic E-state index is 0.0763. The van der Waals surface area contributed by atoms with Crippen molar-refractivity contribution in [3.63, 3.8) is 0 Å². The average Bonchev–Trinajstić information content (AvgIpc) is 3.57. The van der Waals surface area contributed by atoms with Crippen LogP contribution in [0.5, 0.6) is 0 Å². The molecule has 3 aromatic rings. The molecule has 2 N–H and O–H groups in total. The fraction of sp³-hybridized carbons (Fsp3) is 0.280. The Morgan fingerprint density at radius 2 is 1.85 bits per heavy atom. The van der Waals surface area contributed by atoms with Crippen LogP contribution in [0.15, 0.2) is 66.3 Å². The Hall–Kier alpha value is -3.23. The summed E-state index contributed by atoms with van der Waals surface area (Å²) in [5.74, 6) is -1.05. The van der Waals surface area contributed by atoms with Gasteiger partial charge in [0.25, 0.3) is 5.91 Å². The standard InChI is InChI=1S/C25H25ClN4O3S/c26-18-9-11-20(12-10-18)30(22(31)16-28-24(32)21-8-4-14-34-21)23(17-5-3-13-27-15-17)25(33)29-19-6-1-2-7-19/h3-5,8-15,19,23H,1-2,6-7,16H2,(H,28,32)(H,29,33). The van der Waals surface area contributed by atoms with E-state index in [-0.39, 0.29) is 24.4 Å². The van der Waals surface area contributed by atoms with E-state index in [4.69, 9.17) is 11.6 Å². The first-order chi connectivity index (χ1) is 16.5. The van der Waals surface area contributed by atoms with Gasteiger partial charge in [-0.3, -0.25) is 24.3 Å². The Labute approximate surface area is 207 Å². The van der Waals surface area contributed by atoms with E-state index in [2.05, 4.69) is 15.6 Å². The minimum Gasteiger partial charge on any atom is -0.351 e. The number of amides is 3. The van der Waals surface area contributed by atoms with Gasteiger partial charge in [-0.2, -0.15) is 0 Å². The van der Waals surface area contributed by atoms with Gasteiger partial charge in [-0.25, -0.2) is 0 Å². The zero-order valence-electron chi connectivity index (χ0n) is 18.4. The minimum atomic E-state index is -0.957. The Morgan fingerprint density at radius 3 is 2.50 bits per heavy atom. The van der Waals surface area contributed by atoms with E-state index in [1.165, 1.54) is 16.2 Å². The third-order valence-electron chi connectivity index (χ3n) is 5.73. The van der Waals surface area contributed by atoms with Gasteiger partial charge in [0.05, 0.1) is 11.4 Å². The van der Waals surface area contributed by atoms with Crippen LogP contribution in [0.3, 0.4) is 0 Å². The second kappa shape index (κ2) is 11.3. The van der Waals surface area contributed by atoms with Gasteiger partial charge in [-0.15, -0.1) is 11.3 Å².